The lowest BCUT2D eigenvalue weighted by atomic mass is 10.1. The summed E-state index contributed by atoms with van der Waals surface area (Å²) in [4.78, 5) is 4.71. The molecule has 0 saturated carbocycles. The summed E-state index contributed by atoms with van der Waals surface area (Å²) in [5, 5.41) is 4.03. The molecule has 1 heterocycles. The first-order valence-electron chi connectivity index (χ1n) is 9.39. The van der Waals surface area contributed by atoms with Crippen LogP contribution >= 0.6 is 0 Å². The van der Waals surface area contributed by atoms with E-state index in [1.807, 2.05) is 54.6 Å². The number of alkyl halides is 3. The van der Waals surface area contributed by atoms with Gasteiger partial charge in [-0.2, -0.15) is 13.2 Å². The highest BCUT2D eigenvalue weighted by Gasteiger charge is 2.32. The van der Waals surface area contributed by atoms with Crippen molar-refractivity contribution in [2.75, 3.05) is 12.4 Å². The van der Waals surface area contributed by atoms with E-state index in [-0.39, 0.29) is 12.1 Å². The van der Waals surface area contributed by atoms with Gasteiger partial charge in [-0.05, 0) is 48.0 Å². The molecule has 0 spiro atoms. The Bertz CT molecular complexity index is 1170. The summed E-state index contributed by atoms with van der Waals surface area (Å²) in [7, 11) is 1.60. The fourth-order valence-corrected chi connectivity index (χ4v) is 3.37. The molecular weight excluding hydrogens is 389 g/mol. The third-order valence-electron chi connectivity index (χ3n) is 4.89. The number of benzene rings is 3. The van der Waals surface area contributed by atoms with Crippen molar-refractivity contribution < 1.29 is 17.9 Å². The molecule has 3 aromatic carbocycles. The zero-order valence-electron chi connectivity index (χ0n) is 16.2. The van der Waals surface area contributed by atoms with Crippen molar-refractivity contribution >= 4 is 16.6 Å². The average Bonchev–Trinajstić information content (AvgIpc) is 2.77. The normalized spacial score (nSPS) is 11.5. The number of anilines is 1. The third kappa shape index (κ3) is 4.08. The fourth-order valence-electron chi connectivity index (χ4n) is 3.37. The number of hydrogen-bond acceptors (Lipinski definition) is 3. The largest absolute Gasteiger partial charge is 0.497 e. The van der Waals surface area contributed by atoms with Gasteiger partial charge in [0.15, 0.2) is 0 Å². The predicted molar refractivity (Wildman–Crippen MR) is 113 cm³/mol. The molecule has 152 valence electrons. The van der Waals surface area contributed by atoms with Crippen LogP contribution in [0.15, 0.2) is 78.9 Å². The van der Waals surface area contributed by atoms with E-state index in [2.05, 4.69) is 5.32 Å². The molecule has 0 aliphatic rings. The van der Waals surface area contributed by atoms with Crippen molar-refractivity contribution in [1.29, 1.82) is 0 Å². The van der Waals surface area contributed by atoms with E-state index < -0.39 is 11.7 Å². The van der Waals surface area contributed by atoms with E-state index >= 15 is 0 Å². The first-order valence-corrected chi connectivity index (χ1v) is 9.39. The molecule has 0 bridgehead atoms. The molecule has 30 heavy (non-hydrogen) atoms. The van der Waals surface area contributed by atoms with Crippen LogP contribution in [0.1, 0.15) is 11.1 Å². The first-order chi connectivity index (χ1) is 14.5. The van der Waals surface area contributed by atoms with Crippen LogP contribution in [0.3, 0.4) is 0 Å². The average molecular weight is 408 g/mol. The zero-order valence-corrected chi connectivity index (χ0v) is 16.2. The van der Waals surface area contributed by atoms with E-state index in [1.165, 1.54) is 12.1 Å². The highest BCUT2D eigenvalue weighted by atomic mass is 19.4. The number of nitrogens with zero attached hydrogens (tertiary/aromatic N) is 1. The van der Waals surface area contributed by atoms with Crippen molar-refractivity contribution in [1.82, 2.24) is 4.98 Å². The molecule has 0 fully saturated rings. The minimum absolute atomic E-state index is 0.0474. The summed E-state index contributed by atoms with van der Waals surface area (Å²) >= 11 is 0. The smallest absolute Gasteiger partial charge is 0.416 e. The number of aromatic nitrogens is 1. The van der Waals surface area contributed by atoms with Gasteiger partial charge in [-0.3, -0.25) is 0 Å². The number of rotatable bonds is 5. The molecule has 6 heteroatoms. The number of hydrogen-bond donors (Lipinski definition) is 1. The van der Waals surface area contributed by atoms with Crippen LogP contribution in [-0.4, -0.2) is 12.1 Å². The SMILES string of the molecule is COc1ccc(-c2cc(NCc3ccccc3C(F)(F)F)c3ccccc3n2)cc1. The van der Waals surface area contributed by atoms with E-state index in [1.54, 1.807) is 13.2 Å². The Balaban J connectivity index is 1.72. The third-order valence-corrected chi connectivity index (χ3v) is 4.89. The Morgan fingerprint density at radius 1 is 0.900 bits per heavy atom. The number of nitrogens with one attached hydrogen (secondary N) is 1. The maximum absolute atomic E-state index is 13.3. The second-order valence-corrected chi connectivity index (χ2v) is 6.81. The van der Waals surface area contributed by atoms with Crippen LogP contribution in [0, 0.1) is 0 Å². The molecule has 0 atom stereocenters. The number of para-hydroxylation sites is 1. The Morgan fingerprint density at radius 3 is 2.33 bits per heavy atom. The quantitative estimate of drug-likeness (QED) is 0.407. The molecule has 1 N–H and O–H groups in total. The highest BCUT2D eigenvalue weighted by Crippen LogP contribution is 2.33. The van der Waals surface area contributed by atoms with E-state index in [0.29, 0.717) is 0 Å². The molecule has 1 aromatic heterocycles. The van der Waals surface area contributed by atoms with Crippen LogP contribution in [0.2, 0.25) is 0 Å². The summed E-state index contributed by atoms with van der Waals surface area (Å²) in [5.74, 6) is 0.738. The van der Waals surface area contributed by atoms with Gasteiger partial charge in [-0.1, -0.05) is 36.4 Å². The van der Waals surface area contributed by atoms with Crippen molar-refractivity contribution in [3.05, 3.63) is 90.0 Å². The summed E-state index contributed by atoms with van der Waals surface area (Å²) < 4.78 is 45.2. The van der Waals surface area contributed by atoms with Gasteiger partial charge in [-0.25, -0.2) is 4.98 Å². The zero-order chi connectivity index (χ0) is 21.1. The molecule has 0 radical (unpaired) electrons. The lowest BCUT2D eigenvalue weighted by Crippen LogP contribution is -2.11. The monoisotopic (exact) mass is 408 g/mol. The maximum Gasteiger partial charge on any atom is 0.416 e. The standard InChI is InChI=1S/C24H19F3N2O/c1-30-18-12-10-16(11-13-18)22-14-23(19-7-3-5-9-21(19)29-22)28-15-17-6-2-4-8-20(17)24(25,26)27/h2-14H,15H2,1H3,(H,28,29). The topological polar surface area (TPSA) is 34.1 Å². The van der Waals surface area contributed by atoms with Crippen molar-refractivity contribution in [2.24, 2.45) is 0 Å². The van der Waals surface area contributed by atoms with Gasteiger partial charge in [0.2, 0.25) is 0 Å². The Labute approximate surface area is 172 Å². The second-order valence-electron chi connectivity index (χ2n) is 6.81. The highest BCUT2D eigenvalue weighted by molar-refractivity contribution is 5.93. The van der Waals surface area contributed by atoms with Gasteiger partial charge >= 0.3 is 6.18 Å². The number of fused-ring (bicyclic) bond motifs is 1. The maximum atomic E-state index is 13.3. The van der Waals surface area contributed by atoms with Gasteiger partial charge in [0.05, 0.1) is 23.9 Å². The Kier molecular flexibility index (Phi) is 5.31. The van der Waals surface area contributed by atoms with Gasteiger partial charge in [0, 0.05) is 23.2 Å². The van der Waals surface area contributed by atoms with E-state index in [0.717, 1.165) is 39.7 Å². The first kappa shape index (κ1) is 19.8. The molecule has 0 saturated heterocycles. The molecule has 0 aliphatic heterocycles. The molecule has 4 aromatic rings. The summed E-state index contributed by atoms with van der Waals surface area (Å²) in [6, 6.07) is 22.5. The van der Waals surface area contributed by atoms with Crippen molar-refractivity contribution in [2.45, 2.75) is 12.7 Å². The van der Waals surface area contributed by atoms with Crippen LogP contribution < -0.4 is 10.1 Å². The van der Waals surface area contributed by atoms with Crippen LogP contribution in [0.4, 0.5) is 18.9 Å². The number of methoxy groups -OCH3 is 1. The second kappa shape index (κ2) is 8.06. The van der Waals surface area contributed by atoms with Crippen molar-refractivity contribution in [3.63, 3.8) is 0 Å². The molecular formula is C24H19F3N2O. The number of halogens is 3. The molecule has 4 rings (SSSR count). The van der Waals surface area contributed by atoms with E-state index in [9.17, 15) is 13.2 Å². The lowest BCUT2D eigenvalue weighted by Gasteiger charge is -2.16. The van der Waals surface area contributed by atoms with Crippen molar-refractivity contribution in [3.8, 4) is 17.0 Å². The van der Waals surface area contributed by atoms with E-state index in [4.69, 9.17) is 9.72 Å². The minimum atomic E-state index is -4.40. The predicted octanol–water partition coefficient (Wildman–Crippen LogP) is 6.54. The summed E-state index contributed by atoms with van der Waals surface area (Å²) in [5.41, 5.74) is 2.66. The summed E-state index contributed by atoms with van der Waals surface area (Å²) in [6.45, 7) is 0.0474. The van der Waals surface area contributed by atoms with Crippen LogP contribution in [0.5, 0.6) is 5.75 Å². The molecule has 3 nitrogen and oxygen atoms in total. The van der Waals surface area contributed by atoms with Crippen LogP contribution in [0.25, 0.3) is 22.2 Å². The Hall–Kier alpha value is -3.54. The number of ether oxygens (including phenoxy) is 1. The lowest BCUT2D eigenvalue weighted by molar-refractivity contribution is -0.138. The summed E-state index contributed by atoms with van der Waals surface area (Å²) in [6.07, 6.45) is -4.40. The minimum Gasteiger partial charge on any atom is -0.497 e. The molecule has 0 unspecified atom stereocenters. The molecule has 0 amide bonds. The molecule has 0 aliphatic carbocycles. The van der Waals surface area contributed by atoms with Gasteiger partial charge in [0.1, 0.15) is 5.75 Å². The fraction of sp³-hybridized carbons (Fsp3) is 0.125. The van der Waals surface area contributed by atoms with Crippen LogP contribution in [-0.2, 0) is 12.7 Å². The van der Waals surface area contributed by atoms with Gasteiger partial charge in [-0.15, -0.1) is 0 Å². The van der Waals surface area contributed by atoms with Gasteiger partial charge in [0.25, 0.3) is 0 Å². The Morgan fingerprint density at radius 2 is 1.60 bits per heavy atom. The van der Waals surface area contributed by atoms with Gasteiger partial charge < -0.3 is 10.1 Å². The number of pyridine rings is 1.